The SMILES string of the molecule is CCc1cccc2cc(O)cc(-c3ncc4c(N5C[C@H]6CC[C@@H]5CN6)nc(C#CC56CCCN5CCC6)nc4c3F)c12. The van der Waals surface area contributed by atoms with Gasteiger partial charge < -0.3 is 15.3 Å². The highest BCUT2D eigenvalue weighted by Crippen LogP contribution is 2.40. The highest BCUT2D eigenvalue weighted by atomic mass is 19.1. The smallest absolute Gasteiger partial charge is 0.207 e. The van der Waals surface area contributed by atoms with Crippen molar-refractivity contribution in [2.75, 3.05) is 31.1 Å². The van der Waals surface area contributed by atoms with Crippen molar-refractivity contribution in [1.29, 1.82) is 0 Å². The third kappa shape index (κ3) is 4.05. The molecule has 7 nitrogen and oxygen atoms in total. The molecule has 7 heterocycles. The second-order valence-electron chi connectivity index (χ2n) is 12.4. The number of piperazine rings is 1. The number of halogens is 1. The molecule has 0 radical (unpaired) electrons. The van der Waals surface area contributed by atoms with E-state index < -0.39 is 5.82 Å². The van der Waals surface area contributed by atoms with Gasteiger partial charge in [-0.05, 0) is 92.4 Å². The van der Waals surface area contributed by atoms with Crippen LogP contribution < -0.4 is 10.2 Å². The molecule has 214 valence electrons. The molecule has 9 rings (SSSR count). The number of piperidine rings is 2. The molecule has 0 saturated carbocycles. The molecule has 0 spiro atoms. The van der Waals surface area contributed by atoms with Crippen LogP contribution in [0.2, 0.25) is 0 Å². The Kier molecular flexibility index (Phi) is 6.09. The largest absolute Gasteiger partial charge is 0.508 e. The second kappa shape index (κ2) is 9.89. The van der Waals surface area contributed by atoms with Gasteiger partial charge in [0.1, 0.15) is 22.8 Å². The first-order valence-corrected chi connectivity index (χ1v) is 15.4. The lowest BCUT2D eigenvalue weighted by molar-refractivity contribution is 0.261. The maximum absolute atomic E-state index is 16.8. The van der Waals surface area contributed by atoms with Gasteiger partial charge in [-0.1, -0.05) is 31.0 Å². The average molecular weight is 563 g/mol. The first kappa shape index (κ1) is 25.9. The molecule has 4 aromatic rings. The molecule has 5 fully saturated rings. The van der Waals surface area contributed by atoms with Crippen molar-refractivity contribution in [3.05, 3.63) is 53.7 Å². The van der Waals surface area contributed by atoms with Crippen LogP contribution in [0.4, 0.5) is 10.2 Å². The number of aromatic nitrogens is 3. The number of hydrogen-bond acceptors (Lipinski definition) is 7. The zero-order valence-electron chi connectivity index (χ0n) is 24.0. The van der Waals surface area contributed by atoms with Gasteiger partial charge in [0.2, 0.25) is 5.82 Å². The zero-order chi connectivity index (χ0) is 28.4. The average Bonchev–Trinajstić information content (AvgIpc) is 3.60. The number of nitrogens with zero attached hydrogens (tertiary/aromatic N) is 5. The lowest BCUT2D eigenvalue weighted by atomic mass is 9.92. The number of phenolic OH excluding ortho intramolecular Hbond substituents is 1. The number of nitrogens with one attached hydrogen (secondary N) is 1. The summed E-state index contributed by atoms with van der Waals surface area (Å²) in [4.78, 5) is 19.3. The molecule has 2 N–H and O–H groups in total. The van der Waals surface area contributed by atoms with Crippen molar-refractivity contribution in [2.24, 2.45) is 0 Å². The van der Waals surface area contributed by atoms with Gasteiger partial charge in [-0.15, -0.1) is 0 Å². The first-order valence-electron chi connectivity index (χ1n) is 15.4. The van der Waals surface area contributed by atoms with E-state index in [1.54, 1.807) is 18.3 Å². The minimum atomic E-state index is -0.501. The maximum atomic E-state index is 16.8. The van der Waals surface area contributed by atoms with Crippen LogP contribution in [0.1, 0.15) is 56.8 Å². The van der Waals surface area contributed by atoms with Crippen molar-refractivity contribution < 1.29 is 9.50 Å². The lowest BCUT2D eigenvalue weighted by Gasteiger charge is -2.46. The van der Waals surface area contributed by atoms with Crippen LogP contribution >= 0.6 is 0 Å². The fourth-order valence-corrected chi connectivity index (χ4v) is 7.93. The fourth-order valence-electron chi connectivity index (χ4n) is 7.93. The Balaban J connectivity index is 1.33. The van der Waals surface area contributed by atoms with Gasteiger partial charge in [-0.2, -0.15) is 0 Å². The van der Waals surface area contributed by atoms with E-state index in [9.17, 15) is 5.11 Å². The van der Waals surface area contributed by atoms with Gasteiger partial charge in [-0.3, -0.25) is 9.88 Å². The molecule has 2 aromatic heterocycles. The molecule has 42 heavy (non-hydrogen) atoms. The molecule has 5 saturated heterocycles. The second-order valence-corrected chi connectivity index (χ2v) is 12.4. The number of aromatic hydroxyl groups is 1. The Morgan fingerprint density at radius 2 is 2.00 bits per heavy atom. The summed E-state index contributed by atoms with van der Waals surface area (Å²) in [6.07, 6.45) is 9.15. The standard InChI is InChI=1S/C34H35FN6O/c1-2-21-6-3-7-22-16-25(42)17-26(29(21)22)31-30(35)32-27(19-37-31)33(41-20-23-8-9-24(41)18-36-23)39-28(38-32)10-13-34-11-4-14-40(34)15-5-12-34/h3,6-7,16-17,19,23-24,36,42H,2,4-5,8-9,11-12,14-15,18,20H2,1H3/t23-,24-/m1/s1. The van der Waals surface area contributed by atoms with Gasteiger partial charge in [0.15, 0.2) is 5.82 Å². The molecule has 2 bridgehead atoms. The van der Waals surface area contributed by atoms with Gasteiger partial charge in [-0.25, -0.2) is 14.4 Å². The van der Waals surface area contributed by atoms with E-state index in [2.05, 4.69) is 33.9 Å². The fraction of sp³-hybridized carbons (Fsp3) is 0.441. The topological polar surface area (TPSA) is 77.4 Å². The van der Waals surface area contributed by atoms with E-state index >= 15 is 4.39 Å². The normalized spacial score (nSPS) is 23.0. The van der Waals surface area contributed by atoms with E-state index in [0.29, 0.717) is 22.8 Å². The summed E-state index contributed by atoms with van der Waals surface area (Å²) in [7, 11) is 0. The highest BCUT2D eigenvalue weighted by molar-refractivity contribution is 6.01. The lowest BCUT2D eigenvalue weighted by Crippen LogP contribution is -2.61. The molecule has 5 aliphatic heterocycles. The number of rotatable bonds is 3. The third-order valence-corrected chi connectivity index (χ3v) is 10.0. The van der Waals surface area contributed by atoms with E-state index in [1.807, 2.05) is 18.2 Å². The van der Waals surface area contributed by atoms with Crippen LogP contribution in [0.5, 0.6) is 5.75 Å². The summed E-state index contributed by atoms with van der Waals surface area (Å²) < 4.78 is 16.8. The predicted molar refractivity (Wildman–Crippen MR) is 163 cm³/mol. The Hall–Kier alpha value is -3.80. The zero-order valence-corrected chi connectivity index (χ0v) is 24.0. The van der Waals surface area contributed by atoms with E-state index in [1.165, 1.54) is 0 Å². The number of anilines is 1. The quantitative estimate of drug-likeness (QED) is 0.334. The van der Waals surface area contributed by atoms with Crippen LogP contribution in [0.25, 0.3) is 32.9 Å². The van der Waals surface area contributed by atoms with E-state index in [-0.39, 0.29) is 28.5 Å². The van der Waals surface area contributed by atoms with Crippen molar-refractivity contribution in [3.8, 4) is 28.8 Å². The highest BCUT2D eigenvalue weighted by Gasteiger charge is 2.43. The van der Waals surface area contributed by atoms with E-state index in [0.717, 1.165) is 93.3 Å². The van der Waals surface area contributed by atoms with Crippen molar-refractivity contribution in [1.82, 2.24) is 25.2 Å². The van der Waals surface area contributed by atoms with Crippen LogP contribution in [-0.4, -0.2) is 68.8 Å². The van der Waals surface area contributed by atoms with Crippen molar-refractivity contribution in [2.45, 2.75) is 69.5 Å². The summed E-state index contributed by atoms with van der Waals surface area (Å²) >= 11 is 0. The van der Waals surface area contributed by atoms with E-state index in [4.69, 9.17) is 15.0 Å². The minimum Gasteiger partial charge on any atom is -0.508 e. The van der Waals surface area contributed by atoms with Crippen LogP contribution in [0.3, 0.4) is 0 Å². The molecule has 2 aromatic carbocycles. The third-order valence-electron chi connectivity index (χ3n) is 10.0. The summed E-state index contributed by atoms with van der Waals surface area (Å²) in [5.74, 6) is 7.56. The number of aryl methyl sites for hydroxylation is 1. The summed E-state index contributed by atoms with van der Waals surface area (Å²) in [5, 5.41) is 16.6. The number of benzene rings is 2. The van der Waals surface area contributed by atoms with Crippen molar-refractivity contribution in [3.63, 3.8) is 0 Å². The Bertz CT molecular complexity index is 1780. The summed E-state index contributed by atoms with van der Waals surface area (Å²) in [6, 6.07) is 9.97. The number of fused-ring (bicyclic) bond motifs is 6. The minimum absolute atomic E-state index is 0.0794. The Morgan fingerprint density at radius 1 is 1.14 bits per heavy atom. The van der Waals surface area contributed by atoms with Gasteiger partial charge in [0.05, 0.1) is 10.9 Å². The van der Waals surface area contributed by atoms with Gasteiger partial charge in [0.25, 0.3) is 0 Å². The number of pyridine rings is 1. The Labute approximate surface area is 245 Å². The summed E-state index contributed by atoms with van der Waals surface area (Å²) in [6.45, 7) is 5.96. The summed E-state index contributed by atoms with van der Waals surface area (Å²) in [5.41, 5.74) is 1.97. The van der Waals surface area contributed by atoms with Crippen molar-refractivity contribution >= 4 is 27.5 Å². The molecular formula is C34H35FN6O. The molecule has 0 unspecified atom stereocenters. The molecule has 0 amide bonds. The Morgan fingerprint density at radius 3 is 2.74 bits per heavy atom. The predicted octanol–water partition coefficient (Wildman–Crippen LogP) is 5.17. The first-order chi connectivity index (χ1) is 20.5. The maximum Gasteiger partial charge on any atom is 0.207 e. The van der Waals surface area contributed by atoms with Crippen LogP contribution in [0, 0.1) is 17.7 Å². The molecule has 2 atom stereocenters. The monoisotopic (exact) mass is 562 g/mol. The number of hydrogen-bond donors (Lipinski definition) is 2. The molecule has 5 aliphatic rings. The number of phenols is 1. The van der Waals surface area contributed by atoms with Gasteiger partial charge >= 0.3 is 0 Å². The molecule has 0 aliphatic carbocycles. The molecular weight excluding hydrogens is 527 g/mol. The molecule has 8 heteroatoms. The van der Waals surface area contributed by atoms with Crippen LogP contribution in [0.15, 0.2) is 36.5 Å². The van der Waals surface area contributed by atoms with Gasteiger partial charge in [0, 0.05) is 36.9 Å². The van der Waals surface area contributed by atoms with Crippen LogP contribution in [-0.2, 0) is 6.42 Å².